The van der Waals surface area contributed by atoms with E-state index in [0.29, 0.717) is 0 Å². The lowest BCUT2D eigenvalue weighted by atomic mass is 10.0. The minimum Gasteiger partial charge on any atom is -0.331 e. The van der Waals surface area contributed by atoms with Crippen molar-refractivity contribution in [2.45, 2.75) is 45.6 Å². The standard InChI is InChI=1S/C15H28N4/c1-13-17-14-7-4-5-8-15(14)19(13)12-10-16-9-6-11-18(2)3/h16H,4-12H2,1-3H3. The molecule has 0 saturated heterocycles. The molecule has 4 nitrogen and oxygen atoms in total. The normalized spacial score (nSPS) is 14.9. The van der Waals surface area contributed by atoms with Crippen LogP contribution >= 0.6 is 0 Å². The van der Waals surface area contributed by atoms with Crippen molar-refractivity contribution in [2.75, 3.05) is 33.7 Å². The van der Waals surface area contributed by atoms with Crippen molar-refractivity contribution in [2.24, 2.45) is 0 Å². The Morgan fingerprint density at radius 2 is 2.00 bits per heavy atom. The van der Waals surface area contributed by atoms with Gasteiger partial charge >= 0.3 is 0 Å². The smallest absolute Gasteiger partial charge is 0.106 e. The van der Waals surface area contributed by atoms with Gasteiger partial charge in [-0.1, -0.05) is 0 Å². The van der Waals surface area contributed by atoms with Crippen LogP contribution in [0.2, 0.25) is 0 Å². The van der Waals surface area contributed by atoms with Gasteiger partial charge in [0.15, 0.2) is 0 Å². The lowest BCUT2D eigenvalue weighted by molar-refractivity contribution is 0.393. The van der Waals surface area contributed by atoms with Gasteiger partial charge in [-0.05, 0) is 66.2 Å². The molecule has 108 valence electrons. The van der Waals surface area contributed by atoms with Crippen LogP contribution < -0.4 is 5.32 Å². The summed E-state index contributed by atoms with van der Waals surface area (Å²) in [4.78, 5) is 6.95. The zero-order valence-electron chi connectivity index (χ0n) is 12.7. The van der Waals surface area contributed by atoms with Gasteiger partial charge in [0.25, 0.3) is 0 Å². The highest BCUT2D eigenvalue weighted by molar-refractivity contribution is 5.19. The first-order valence-corrected chi connectivity index (χ1v) is 7.59. The Kier molecular flexibility index (Phi) is 5.40. The van der Waals surface area contributed by atoms with Gasteiger partial charge in [-0.25, -0.2) is 4.98 Å². The maximum atomic E-state index is 4.72. The Morgan fingerprint density at radius 1 is 1.21 bits per heavy atom. The van der Waals surface area contributed by atoms with E-state index in [2.05, 4.69) is 35.8 Å². The van der Waals surface area contributed by atoms with E-state index in [-0.39, 0.29) is 0 Å². The van der Waals surface area contributed by atoms with Gasteiger partial charge in [-0.15, -0.1) is 0 Å². The van der Waals surface area contributed by atoms with Gasteiger partial charge in [0, 0.05) is 18.8 Å². The summed E-state index contributed by atoms with van der Waals surface area (Å²) in [7, 11) is 4.25. The molecule has 0 aromatic carbocycles. The highest BCUT2D eigenvalue weighted by Crippen LogP contribution is 2.21. The third-order valence-electron chi connectivity index (χ3n) is 3.89. The van der Waals surface area contributed by atoms with Crippen LogP contribution in [0.5, 0.6) is 0 Å². The number of imidazole rings is 1. The first-order chi connectivity index (χ1) is 9.18. The van der Waals surface area contributed by atoms with Crippen LogP contribution in [0.15, 0.2) is 0 Å². The number of nitrogens with zero attached hydrogens (tertiary/aromatic N) is 3. The van der Waals surface area contributed by atoms with Gasteiger partial charge < -0.3 is 14.8 Å². The topological polar surface area (TPSA) is 33.1 Å². The predicted molar refractivity (Wildman–Crippen MR) is 79.6 cm³/mol. The molecular weight excluding hydrogens is 236 g/mol. The molecule has 0 radical (unpaired) electrons. The molecule has 0 bridgehead atoms. The monoisotopic (exact) mass is 264 g/mol. The fourth-order valence-corrected chi connectivity index (χ4v) is 2.87. The summed E-state index contributed by atoms with van der Waals surface area (Å²) in [6, 6.07) is 0. The van der Waals surface area contributed by atoms with Crippen LogP contribution in [0.25, 0.3) is 0 Å². The van der Waals surface area contributed by atoms with Crippen LogP contribution in [0.1, 0.15) is 36.5 Å². The number of hydrogen-bond donors (Lipinski definition) is 1. The van der Waals surface area contributed by atoms with Crippen molar-refractivity contribution in [3.05, 3.63) is 17.2 Å². The molecule has 1 aliphatic rings. The summed E-state index contributed by atoms with van der Waals surface area (Å²) in [5.74, 6) is 1.20. The van der Waals surface area contributed by atoms with E-state index in [0.717, 1.165) is 26.2 Å². The zero-order valence-corrected chi connectivity index (χ0v) is 12.7. The minimum absolute atomic E-state index is 1.05. The first-order valence-electron chi connectivity index (χ1n) is 7.59. The van der Waals surface area contributed by atoms with E-state index in [9.17, 15) is 0 Å². The molecule has 0 spiro atoms. The van der Waals surface area contributed by atoms with Crippen molar-refractivity contribution in [3.63, 3.8) is 0 Å². The second kappa shape index (κ2) is 7.06. The van der Waals surface area contributed by atoms with Crippen LogP contribution in [0.4, 0.5) is 0 Å². The summed E-state index contributed by atoms with van der Waals surface area (Å²) in [5.41, 5.74) is 2.86. The Labute approximate surface area is 117 Å². The Balaban J connectivity index is 1.75. The lowest BCUT2D eigenvalue weighted by Crippen LogP contribution is -2.25. The average molecular weight is 264 g/mol. The fourth-order valence-electron chi connectivity index (χ4n) is 2.87. The van der Waals surface area contributed by atoms with Gasteiger partial charge in [0.1, 0.15) is 5.82 Å². The summed E-state index contributed by atoms with van der Waals surface area (Å²) in [5, 5.41) is 3.54. The molecule has 4 heteroatoms. The van der Waals surface area contributed by atoms with E-state index in [1.165, 1.54) is 49.3 Å². The third kappa shape index (κ3) is 4.05. The number of fused-ring (bicyclic) bond motifs is 1. The molecule has 0 atom stereocenters. The molecule has 1 aliphatic carbocycles. The molecule has 19 heavy (non-hydrogen) atoms. The number of nitrogens with one attached hydrogen (secondary N) is 1. The van der Waals surface area contributed by atoms with E-state index in [4.69, 9.17) is 4.98 Å². The molecule has 0 saturated carbocycles. The summed E-state index contributed by atoms with van der Waals surface area (Å²) in [6.45, 7) is 6.53. The summed E-state index contributed by atoms with van der Waals surface area (Å²) < 4.78 is 2.42. The minimum atomic E-state index is 1.05. The van der Waals surface area contributed by atoms with Crippen molar-refractivity contribution in [1.29, 1.82) is 0 Å². The molecule has 2 rings (SSSR count). The van der Waals surface area contributed by atoms with Gasteiger partial charge in [0.2, 0.25) is 0 Å². The predicted octanol–water partition coefficient (Wildman–Crippen LogP) is 1.61. The van der Waals surface area contributed by atoms with Gasteiger partial charge in [-0.2, -0.15) is 0 Å². The second-order valence-electron chi connectivity index (χ2n) is 5.82. The number of aryl methyl sites for hydroxylation is 2. The number of hydrogen-bond acceptors (Lipinski definition) is 3. The molecule has 1 N–H and O–H groups in total. The SMILES string of the molecule is Cc1nc2c(n1CCNCCCN(C)C)CCCC2. The van der Waals surface area contributed by atoms with Crippen molar-refractivity contribution < 1.29 is 0 Å². The zero-order chi connectivity index (χ0) is 13.7. The van der Waals surface area contributed by atoms with E-state index in [1.807, 2.05) is 0 Å². The maximum absolute atomic E-state index is 4.72. The Morgan fingerprint density at radius 3 is 2.79 bits per heavy atom. The third-order valence-corrected chi connectivity index (χ3v) is 3.89. The first kappa shape index (κ1) is 14.5. The van der Waals surface area contributed by atoms with E-state index in [1.54, 1.807) is 0 Å². The molecule has 0 aliphatic heterocycles. The summed E-state index contributed by atoms with van der Waals surface area (Å²) >= 11 is 0. The molecule has 0 unspecified atom stereocenters. The number of rotatable bonds is 7. The fraction of sp³-hybridized carbons (Fsp3) is 0.800. The Bertz CT molecular complexity index is 395. The van der Waals surface area contributed by atoms with Crippen LogP contribution in [-0.2, 0) is 19.4 Å². The molecule has 0 fully saturated rings. The van der Waals surface area contributed by atoms with Crippen LogP contribution in [-0.4, -0.2) is 48.2 Å². The molecule has 0 amide bonds. The quantitative estimate of drug-likeness (QED) is 0.760. The summed E-state index contributed by atoms with van der Waals surface area (Å²) in [6.07, 6.45) is 6.25. The van der Waals surface area contributed by atoms with Gasteiger partial charge in [-0.3, -0.25) is 0 Å². The highest BCUT2D eigenvalue weighted by Gasteiger charge is 2.17. The molecule has 1 aromatic heterocycles. The maximum Gasteiger partial charge on any atom is 0.106 e. The molecule has 1 heterocycles. The van der Waals surface area contributed by atoms with Crippen LogP contribution in [0.3, 0.4) is 0 Å². The largest absolute Gasteiger partial charge is 0.331 e. The highest BCUT2D eigenvalue weighted by atomic mass is 15.1. The second-order valence-corrected chi connectivity index (χ2v) is 5.82. The van der Waals surface area contributed by atoms with Crippen molar-refractivity contribution in [1.82, 2.24) is 19.8 Å². The van der Waals surface area contributed by atoms with Crippen molar-refractivity contribution in [3.8, 4) is 0 Å². The lowest BCUT2D eigenvalue weighted by Gasteiger charge is -2.15. The van der Waals surface area contributed by atoms with Gasteiger partial charge in [0.05, 0.1) is 5.69 Å². The number of aromatic nitrogens is 2. The van der Waals surface area contributed by atoms with E-state index < -0.39 is 0 Å². The van der Waals surface area contributed by atoms with E-state index >= 15 is 0 Å². The average Bonchev–Trinajstić information content (AvgIpc) is 2.69. The molecular formula is C15H28N4. The molecule has 1 aromatic rings. The van der Waals surface area contributed by atoms with Crippen molar-refractivity contribution >= 4 is 0 Å². The Hall–Kier alpha value is -0.870. The van der Waals surface area contributed by atoms with Crippen LogP contribution in [0, 0.1) is 6.92 Å².